The highest BCUT2D eigenvalue weighted by atomic mass is 16.1. The minimum Gasteiger partial charge on any atom is -0.305 e. The molecule has 2 aromatic heterocycles. The summed E-state index contributed by atoms with van der Waals surface area (Å²) in [5, 5.41) is 4.11. The SMILES string of the molecule is CC(=O)Cn1ccn2nc(C)cc2c1=O. The third-order valence-electron chi connectivity index (χ3n) is 2.12. The van der Waals surface area contributed by atoms with E-state index in [1.54, 1.807) is 18.5 Å². The number of fused-ring (bicyclic) bond motifs is 1. The second-order valence-corrected chi connectivity index (χ2v) is 3.55. The van der Waals surface area contributed by atoms with E-state index in [0.29, 0.717) is 5.52 Å². The van der Waals surface area contributed by atoms with E-state index in [4.69, 9.17) is 0 Å². The van der Waals surface area contributed by atoms with Gasteiger partial charge in [0.25, 0.3) is 5.56 Å². The molecule has 0 bridgehead atoms. The molecule has 5 nitrogen and oxygen atoms in total. The number of carbonyl (C=O) groups is 1. The Hall–Kier alpha value is -1.91. The predicted molar refractivity (Wildman–Crippen MR) is 54.9 cm³/mol. The maximum atomic E-state index is 11.8. The predicted octanol–water partition coefficient (Wildman–Crippen LogP) is 0.393. The highest BCUT2D eigenvalue weighted by Crippen LogP contribution is 1.99. The minimum absolute atomic E-state index is 0.0438. The molecule has 0 aliphatic heterocycles. The summed E-state index contributed by atoms with van der Waals surface area (Å²) in [5.41, 5.74) is 1.09. The average Bonchev–Trinajstić information content (AvgIpc) is 2.51. The molecule has 0 aromatic carbocycles. The van der Waals surface area contributed by atoms with Crippen LogP contribution in [-0.2, 0) is 11.3 Å². The Kier molecular flexibility index (Phi) is 2.15. The molecule has 2 heterocycles. The van der Waals surface area contributed by atoms with Gasteiger partial charge in [-0.15, -0.1) is 0 Å². The van der Waals surface area contributed by atoms with Crippen LogP contribution < -0.4 is 5.56 Å². The van der Waals surface area contributed by atoms with Gasteiger partial charge in [0, 0.05) is 12.4 Å². The quantitative estimate of drug-likeness (QED) is 0.712. The molecule has 0 aliphatic carbocycles. The van der Waals surface area contributed by atoms with Gasteiger partial charge >= 0.3 is 0 Å². The van der Waals surface area contributed by atoms with E-state index in [2.05, 4.69) is 5.10 Å². The Bertz CT molecular complexity index is 580. The summed E-state index contributed by atoms with van der Waals surface area (Å²) in [4.78, 5) is 22.8. The van der Waals surface area contributed by atoms with E-state index in [0.717, 1.165) is 5.69 Å². The molecule has 0 fully saturated rings. The molecule has 15 heavy (non-hydrogen) atoms. The van der Waals surface area contributed by atoms with Crippen LogP contribution >= 0.6 is 0 Å². The Balaban J connectivity index is 2.64. The van der Waals surface area contributed by atoms with Crippen molar-refractivity contribution in [2.45, 2.75) is 20.4 Å². The zero-order chi connectivity index (χ0) is 11.0. The number of aryl methyl sites for hydroxylation is 1. The first-order valence-electron chi connectivity index (χ1n) is 4.63. The highest BCUT2D eigenvalue weighted by Gasteiger charge is 2.05. The number of ketones is 1. The van der Waals surface area contributed by atoms with Crippen LogP contribution in [0.25, 0.3) is 5.52 Å². The van der Waals surface area contributed by atoms with Crippen molar-refractivity contribution in [1.29, 1.82) is 0 Å². The molecule has 0 saturated carbocycles. The third kappa shape index (κ3) is 1.68. The molecule has 0 aliphatic rings. The third-order valence-corrected chi connectivity index (χ3v) is 2.12. The molecular formula is C10H11N3O2. The standard InChI is InChI=1S/C10H11N3O2/c1-7-5-9-10(15)12(6-8(2)14)3-4-13(9)11-7/h3-5H,6H2,1-2H3. The van der Waals surface area contributed by atoms with Gasteiger partial charge in [0.1, 0.15) is 11.3 Å². The van der Waals surface area contributed by atoms with Gasteiger partial charge < -0.3 is 4.57 Å². The van der Waals surface area contributed by atoms with Crippen LogP contribution in [-0.4, -0.2) is 20.0 Å². The summed E-state index contributed by atoms with van der Waals surface area (Å²) in [6.45, 7) is 3.39. The van der Waals surface area contributed by atoms with Gasteiger partial charge in [0.2, 0.25) is 0 Å². The fourth-order valence-corrected chi connectivity index (χ4v) is 1.51. The smallest absolute Gasteiger partial charge is 0.276 e. The van der Waals surface area contributed by atoms with Gasteiger partial charge in [-0.1, -0.05) is 0 Å². The molecule has 0 amide bonds. The second kappa shape index (κ2) is 3.34. The summed E-state index contributed by atoms with van der Waals surface area (Å²) in [6.07, 6.45) is 3.25. The molecule has 2 rings (SSSR count). The van der Waals surface area contributed by atoms with Crippen LogP contribution in [0.15, 0.2) is 23.3 Å². The zero-order valence-electron chi connectivity index (χ0n) is 8.60. The topological polar surface area (TPSA) is 56.4 Å². The van der Waals surface area contributed by atoms with E-state index in [9.17, 15) is 9.59 Å². The molecule has 0 radical (unpaired) electrons. The summed E-state index contributed by atoms with van der Waals surface area (Å²) in [6, 6.07) is 1.71. The maximum Gasteiger partial charge on any atom is 0.276 e. The molecule has 0 saturated heterocycles. The van der Waals surface area contributed by atoms with Gasteiger partial charge in [0.15, 0.2) is 0 Å². The van der Waals surface area contributed by atoms with Crippen molar-refractivity contribution < 1.29 is 4.79 Å². The van der Waals surface area contributed by atoms with Crippen LogP contribution in [0.2, 0.25) is 0 Å². The summed E-state index contributed by atoms with van der Waals surface area (Å²) < 4.78 is 2.91. The van der Waals surface area contributed by atoms with Crippen molar-refractivity contribution in [3.05, 3.63) is 34.5 Å². The fraction of sp³-hybridized carbons (Fsp3) is 0.300. The number of hydrogen-bond acceptors (Lipinski definition) is 3. The molecule has 0 atom stereocenters. The van der Waals surface area contributed by atoms with Crippen molar-refractivity contribution in [1.82, 2.24) is 14.2 Å². The van der Waals surface area contributed by atoms with Crippen molar-refractivity contribution in [2.75, 3.05) is 0 Å². The Morgan fingerprint density at radius 1 is 1.47 bits per heavy atom. The number of carbonyl (C=O) groups excluding carboxylic acids is 1. The van der Waals surface area contributed by atoms with Gasteiger partial charge in [-0.05, 0) is 19.9 Å². The average molecular weight is 205 g/mol. The van der Waals surface area contributed by atoms with Crippen molar-refractivity contribution in [2.24, 2.45) is 0 Å². The lowest BCUT2D eigenvalue weighted by Crippen LogP contribution is -2.23. The fourth-order valence-electron chi connectivity index (χ4n) is 1.51. The number of rotatable bonds is 2. The molecule has 0 N–H and O–H groups in total. The maximum absolute atomic E-state index is 11.8. The molecule has 0 spiro atoms. The first kappa shape index (κ1) is 9.64. The first-order valence-corrected chi connectivity index (χ1v) is 4.63. The molecular weight excluding hydrogens is 194 g/mol. The highest BCUT2D eigenvalue weighted by molar-refractivity contribution is 5.75. The van der Waals surface area contributed by atoms with E-state index >= 15 is 0 Å². The second-order valence-electron chi connectivity index (χ2n) is 3.55. The Labute approximate surface area is 86.0 Å². The number of aromatic nitrogens is 3. The van der Waals surface area contributed by atoms with E-state index in [1.165, 1.54) is 16.0 Å². The largest absolute Gasteiger partial charge is 0.305 e. The van der Waals surface area contributed by atoms with Gasteiger partial charge in [-0.2, -0.15) is 5.10 Å². The normalized spacial score (nSPS) is 10.8. The van der Waals surface area contributed by atoms with Crippen LogP contribution in [0, 0.1) is 6.92 Å². The summed E-state index contributed by atoms with van der Waals surface area (Å²) >= 11 is 0. The van der Waals surface area contributed by atoms with Crippen LogP contribution in [0.4, 0.5) is 0 Å². The zero-order valence-corrected chi connectivity index (χ0v) is 8.60. The van der Waals surface area contributed by atoms with E-state index < -0.39 is 0 Å². The lowest BCUT2D eigenvalue weighted by atomic mass is 10.4. The van der Waals surface area contributed by atoms with Crippen molar-refractivity contribution in [3.8, 4) is 0 Å². The number of Topliss-reactive ketones (excluding diaryl/α,β-unsaturated/α-hetero) is 1. The van der Waals surface area contributed by atoms with Crippen LogP contribution in [0.1, 0.15) is 12.6 Å². The summed E-state index contributed by atoms with van der Waals surface area (Å²) in [7, 11) is 0. The molecule has 5 heteroatoms. The van der Waals surface area contributed by atoms with E-state index in [-0.39, 0.29) is 17.9 Å². The molecule has 0 unspecified atom stereocenters. The lowest BCUT2D eigenvalue weighted by molar-refractivity contribution is -0.117. The molecule has 78 valence electrons. The Morgan fingerprint density at radius 2 is 2.20 bits per heavy atom. The summed E-state index contributed by atoms with van der Waals surface area (Å²) in [5.74, 6) is -0.0438. The van der Waals surface area contributed by atoms with Crippen molar-refractivity contribution >= 4 is 11.3 Å². The first-order chi connectivity index (χ1) is 7.08. The van der Waals surface area contributed by atoms with E-state index in [1.807, 2.05) is 6.92 Å². The van der Waals surface area contributed by atoms with Gasteiger partial charge in [0.05, 0.1) is 12.2 Å². The number of hydrogen-bond donors (Lipinski definition) is 0. The van der Waals surface area contributed by atoms with Crippen LogP contribution in [0.3, 0.4) is 0 Å². The molecule has 2 aromatic rings. The van der Waals surface area contributed by atoms with Crippen LogP contribution in [0.5, 0.6) is 0 Å². The van der Waals surface area contributed by atoms with Gasteiger partial charge in [-0.3, -0.25) is 9.59 Å². The van der Waals surface area contributed by atoms with Crippen molar-refractivity contribution in [3.63, 3.8) is 0 Å². The lowest BCUT2D eigenvalue weighted by Gasteiger charge is -2.02. The van der Waals surface area contributed by atoms with Gasteiger partial charge in [-0.25, -0.2) is 4.52 Å². The number of nitrogens with zero attached hydrogens (tertiary/aromatic N) is 3. The Morgan fingerprint density at radius 3 is 2.87 bits per heavy atom. The minimum atomic E-state index is -0.187. The monoisotopic (exact) mass is 205 g/mol.